The molecule has 1 N–H and O–H groups in total. The van der Waals surface area contributed by atoms with E-state index in [1.165, 1.54) is 18.2 Å². The van der Waals surface area contributed by atoms with Crippen molar-refractivity contribution in [2.24, 2.45) is 0 Å². The predicted octanol–water partition coefficient (Wildman–Crippen LogP) is 6.16. The van der Waals surface area contributed by atoms with E-state index >= 15 is 0 Å². The molecular formula is C29H25ClN2O6S. The van der Waals surface area contributed by atoms with Crippen LogP contribution in [0.1, 0.15) is 34.8 Å². The SMILES string of the molecule is CCCOC(=O)c1cc(NC(=O)CN2C(=O)S/C(=C/c3cccc(OCc4ccccc4)c3)C2=O)ccc1Cl. The number of nitrogens with one attached hydrogen (secondary N) is 1. The molecule has 1 saturated heterocycles. The van der Waals surface area contributed by atoms with Gasteiger partial charge >= 0.3 is 5.97 Å². The van der Waals surface area contributed by atoms with E-state index < -0.39 is 29.6 Å². The minimum Gasteiger partial charge on any atom is -0.489 e. The van der Waals surface area contributed by atoms with Gasteiger partial charge in [0.1, 0.15) is 18.9 Å². The van der Waals surface area contributed by atoms with Crippen molar-refractivity contribution in [3.63, 3.8) is 0 Å². The van der Waals surface area contributed by atoms with Gasteiger partial charge in [0, 0.05) is 5.69 Å². The molecule has 0 radical (unpaired) electrons. The number of benzene rings is 3. The number of carbonyl (C=O) groups is 4. The van der Waals surface area contributed by atoms with Crippen LogP contribution >= 0.6 is 23.4 Å². The van der Waals surface area contributed by atoms with Gasteiger partial charge in [0.15, 0.2) is 0 Å². The van der Waals surface area contributed by atoms with E-state index in [2.05, 4.69) is 5.32 Å². The van der Waals surface area contributed by atoms with Crippen LogP contribution in [0.25, 0.3) is 6.08 Å². The lowest BCUT2D eigenvalue weighted by Gasteiger charge is -2.13. The first-order valence-electron chi connectivity index (χ1n) is 12.1. The summed E-state index contributed by atoms with van der Waals surface area (Å²) in [6.07, 6.45) is 2.24. The van der Waals surface area contributed by atoms with Crippen molar-refractivity contribution >= 4 is 58.1 Å². The van der Waals surface area contributed by atoms with E-state index in [9.17, 15) is 19.2 Å². The zero-order valence-corrected chi connectivity index (χ0v) is 22.6. The molecule has 0 atom stereocenters. The number of imide groups is 1. The van der Waals surface area contributed by atoms with Crippen molar-refractivity contribution in [1.82, 2.24) is 4.90 Å². The van der Waals surface area contributed by atoms with E-state index in [1.807, 2.05) is 43.3 Å². The Kier molecular flexibility index (Phi) is 9.40. The van der Waals surface area contributed by atoms with E-state index in [0.29, 0.717) is 24.3 Å². The molecule has 4 rings (SSSR count). The summed E-state index contributed by atoms with van der Waals surface area (Å²) in [6, 6.07) is 21.2. The Balaban J connectivity index is 1.38. The molecule has 8 nitrogen and oxygen atoms in total. The molecule has 39 heavy (non-hydrogen) atoms. The number of halogens is 1. The van der Waals surface area contributed by atoms with Crippen molar-refractivity contribution in [1.29, 1.82) is 0 Å². The highest BCUT2D eigenvalue weighted by Crippen LogP contribution is 2.32. The fraction of sp³-hybridized carbons (Fsp3) is 0.172. The third-order valence-corrected chi connectivity index (χ3v) is 6.72. The maximum atomic E-state index is 12.9. The molecule has 1 heterocycles. The molecule has 1 aliphatic heterocycles. The lowest BCUT2D eigenvalue weighted by molar-refractivity contribution is -0.127. The number of nitrogens with zero attached hydrogens (tertiary/aromatic N) is 1. The number of thioether (sulfide) groups is 1. The molecule has 0 saturated carbocycles. The number of hydrogen-bond donors (Lipinski definition) is 1. The number of ether oxygens (including phenoxy) is 2. The molecule has 3 amide bonds. The zero-order valence-electron chi connectivity index (χ0n) is 21.0. The summed E-state index contributed by atoms with van der Waals surface area (Å²) in [5.41, 5.74) is 2.09. The number of amides is 3. The van der Waals surface area contributed by atoms with Crippen LogP contribution in [0.5, 0.6) is 5.75 Å². The summed E-state index contributed by atoms with van der Waals surface area (Å²) in [7, 11) is 0. The highest BCUT2D eigenvalue weighted by Gasteiger charge is 2.36. The Labute approximate surface area is 234 Å². The van der Waals surface area contributed by atoms with Crippen LogP contribution in [-0.2, 0) is 20.9 Å². The van der Waals surface area contributed by atoms with E-state index in [1.54, 1.807) is 24.3 Å². The second kappa shape index (κ2) is 13.1. The van der Waals surface area contributed by atoms with Gasteiger partial charge in [-0.3, -0.25) is 19.3 Å². The Bertz CT molecular complexity index is 1430. The highest BCUT2D eigenvalue weighted by molar-refractivity contribution is 8.18. The number of rotatable bonds is 10. The van der Waals surface area contributed by atoms with E-state index in [-0.39, 0.29) is 27.8 Å². The van der Waals surface area contributed by atoms with Crippen molar-refractivity contribution in [3.05, 3.63) is 99.4 Å². The second-order valence-corrected chi connectivity index (χ2v) is 9.89. The largest absolute Gasteiger partial charge is 0.489 e. The molecule has 200 valence electrons. The molecular weight excluding hydrogens is 540 g/mol. The summed E-state index contributed by atoms with van der Waals surface area (Å²) < 4.78 is 10.9. The summed E-state index contributed by atoms with van der Waals surface area (Å²) >= 11 is 6.85. The highest BCUT2D eigenvalue weighted by atomic mass is 35.5. The molecule has 0 aromatic heterocycles. The molecule has 1 aliphatic rings. The fourth-order valence-corrected chi connectivity index (χ4v) is 4.63. The number of hydrogen-bond acceptors (Lipinski definition) is 7. The van der Waals surface area contributed by atoms with Crippen LogP contribution in [-0.4, -0.2) is 41.1 Å². The van der Waals surface area contributed by atoms with Gasteiger partial charge in [-0.1, -0.05) is 61.0 Å². The third-order valence-electron chi connectivity index (χ3n) is 5.49. The van der Waals surface area contributed by atoms with Crippen molar-refractivity contribution in [2.75, 3.05) is 18.5 Å². The van der Waals surface area contributed by atoms with Crippen LogP contribution < -0.4 is 10.1 Å². The van der Waals surface area contributed by atoms with Gasteiger partial charge in [0.2, 0.25) is 5.91 Å². The maximum Gasteiger partial charge on any atom is 0.339 e. The van der Waals surface area contributed by atoms with Crippen LogP contribution in [0.3, 0.4) is 0 Å². The van der Waals surface area contributed by atoms with Crippen molar-refractivity contribution in [3.8, 4) is 5.75 Å². The fourth-order valence-electron chi connectivity index (χ4n) is 3.60. The molecule has 3 aromatic carbocycles. The zero-order chi connectivity index (χ0) is 27.8. The van der Waals surface area contributed by atoms with Crippen LogP contribution in [0.4, 0.5) is 10.5 Å². The van der Waals surface area contributed by atoms with Crippen molar-refractivity contribution < 1.29 is 28.7 Å². The molecule has 0 aliphatic carbocycles. The first-order valence-corrected chi connectivity index (χ1v) is 13.3. The lowest BCUT2D eigenvalue weighted by atomic mass is 10.2. The molecule has 1 fully saturated rings. The van der Waals surface area contributed by atoms with Gasteiger partial charge in [-0.25, -0.2) is 4.79 Å². The number of anilines is 1. The van der Waals surface area contributed by atoms with Crippen LogP contribution in [0.2, 0.25) is 5.02 Å². The molecule has 3 aromatic rings. The van der Waals surface area contributed by atoms with Crippen LogP contribution in [0.15, 0.2) is 77.7 Å². The van der Waals surface area contributed by atoms with Gasteiger partial charge in [-0.2, -0.15) is 0 Å². The minimum atomic E-state index is -0.608. The Morgan fingerprint density at radius 1 is 1.03 bits per heavy atom. The monoisotopic (exact) mass is 564 g/mol. The summed E-state index contributed by atoms with van der Waals surface area (Å²) in [5, 5.41) is 2.21. The lowest BCUT2D eigenvalue weighted by Crippen LogP contribution is -2.36. The topological polar surface area (TPSA) is 102 Å². The minimum absolute atomic E-state index is 0.104. The first kappa shape index (κ1) is 27.9. The summed E-state index contributed by atoms with van der Waals surface area (Å²) in [5.74, 6) is -1.17. The predicted molar refractivity (Wildman–Crippen MR) is 151 cm³/mol. The number of esters is 1. The molecule has 0 bridgehead atoms. The Morgan fingerprint density at radius 3 is 2.59 bits per heavy atom. The van der Waals surface area contributed by atoms with Gasteiger partial charge < -0.3 is 14.8 Å². The van der Waals surface area contributed by atoms with Crippen LogP contribution in [0, 0.1) is 0 Å². The van der Waals surface area contributed by atoms with Gasteiger partial charge in [0.05, 0.1) is 22.1 Å². The molecule has 10 heteroatoms. The number of carbonyl (C=O) groups excluding carboxylic acids is 4. The third kappa shape index (κ3) is 7.49. The summed E-state index contributed by atoms with van der Waals surface area (Å²) in [4.78, 5) is 51.4. The standard InChI is InChI=1S/C29H25ClN2O6S/c1-2-13-37-28(35)23-16-21(11-12-24(23)30)31-26(33)17-32-27(34)25(39-29(32)36)15-20-9-6-10-22(14-20)38-18-19-7-4-3-5-8-19/h3-12,14-16H,2,13,17-18H2,1H3,(H,31,33)/b25-15+. The average Bonchev–Trinajstić information content (AvgIpc) is 3.19. The molecule has 0 spiro atoms. The Morgan fingerprint density at radius 2 is 1.82 bits per heavy atom. The average molecular weight is 565 g/mol. The normalized spacial score (nSPS) is 14.0. The van der Waals surface area contributed by atoms with E-state index in [4.69, 9.17) is 21.1 Å². The summed E-state index contributed by atoms with van der Waals surface area (Å²) in [6.45, 7) is 2.01. The van der Waals surface area contributed by atoms with Gasteiger partial charge in [0.25, 0.3) is 11.1 Å². The van der Waals surface area contributed by atoms with Gasteiger partial charge in [-0.05, 0) is 65.7 Å². The smallest absolute Gasteiger partial charge is 0.339 e. The van der Waals surface area contributed by atoms with E-state index in [0.717, 1.165) is 22.2 Å². The maximum absolute atomic E-state index is 12.9. The van der Waals surface area contributed by atoms with Gasteiger partial charge in [-0.15, -0.1) is 0 Å². The second-order valence-electron chi connectivity index (χ2n) is 8.49. The first-order chi connectivity index (χ1) is 18.8. The quantitative estimate of drug-likeness (QED) is 0.232. The van der Waals surface area contributed by atoms with Crippen molar-refractivity contribution in [2.45, 2.75) is 20.0 Å². The Hall–Kier alpha value is -4.08. The molecule has 0 unspecified atom stereocenters.